The van der Waals surface area contributed by atoms with Crippen LogP contribution in [0.1, 0.15) is 5.56 Å². The van der Waals surface area contributed by atoms with Crippen LogP contribution < -0.4 is 15.2 Å². The lowest BCUT2D eigenvalue weighted by Gasteiger charge is -2.11. The minimum Gasteiger partial charge on any atom is -0.495 e. The third kappa shape index (κ3) is 3.73. The molecule has 2 rings (SSSR count). The van der Waals surface area contributed by atoms with Gasteiger partial charge in [0.2, 0.25) is 10.0 Å². The summed E-state index contributed by atoms with van der Waals surface area (Å²) in [5, 5.41) is 4.09. The Bertz CT molecular complexity index is 725. The van der Waals surface area contributed by atoms with Crippen LogP contribution in [-0.2, 0) is 16.6 Å². The van der Waals surface area contributed by atoms with Crippen LogP contribution in [0, 0.1) is 6.92 Å². The number of benzene rings is 1. The molecular weight excluding hydrogens is 292 g/mol. The van der Waals surface area contributed by atoms with Gasteiger partial charge in [-0.15, -0.1) is 0 Å². The largest absolute Gasteiger partial charge is 0.495 e. The van der Waals surface area contributed by atoms with Gasteiger partial charge >= 0.3 is 0 Å². The molecule has 0 bridgehead atoms. The van der Waals surface area contributed by atoms with Gasteiger partial charge < -0.3 is 10.5 Å². The summed E-state index contributed by atoms with van der Waals surface area (Å²) in [6.07, 6.45) is 3.57. The maximum atomic E-state index is 12.3. The van der Waals surface area contributed by atoms with Gasteiger partial charge in [0.1, 0.15) is 10.6 Å². The molecule has 21 heavy (non-hydrogen) atoms. The van der Waals surface area contributed by atoms with Crippen molar-refractivity contribution in [2.45, 2.75) is 18.4 Å². The molecule has 0 unspecified atom stereocenters. The second kappa shape index (κ2) is 6.15. The number of sulfonamides is 1. The Labute approximate surface area is 123 Å². The Kier molecular flexibility index (Phi) is 4.49. The zero-order valence-corrected chi connectivity index (χ0v) is 12.7. The maximum Gasteiger partial charge on any atom is 0.244 e. The van der Waals surface area contributed by atoms with E-state index in [1.54, 1.807) is 10.9 Å². The number of hydrogen-bond acceptors (Lipinski definition) is 5. The van der Waals surface area contributed by atoms with Crippen LogP contribution >= 0.6 is 0 Å². The maximum absolute atomic E-state index is 12.3. The Morgan fingerprint density at radius 2 is 2.19 bits per heavy atom. The van der Waals surface area contributed by atoms with Gasteiger partial charge in [0.25, 0.3) is 0 Å². The minimum absolute atomic E-state index is 0.0656. The molecule has 114 valence electrons. The molecule has 0 aliphatic heterocycles. The molecule has 0 radical (unpaired) electrons. The highest BCUT2D eigenvalue weighted by atomic mass is 32.2. The van der Waals surface area contributed by atoms with E-state index in [9.17, 15) is 8.42 Å². The van der Waals surface area contributed by atoms with Crippen molar-refractivity contribution in [2.24, 2.45) is 0 Å². The van der Waals surface area contributed by atoms with E-state index in [-0.39, 0.29) is 17.2 Å². The molecule has 1 aromatic heterocycles. The number of anilines is 1. The monoisotopic (exact) mass is 310 g/mol. The van der Waals surface area contributed by atoms with Crippen molar-refractivity contribution in [3.63, 3.8) is 0 Å². The third-order valence-corrected chi connectivity index (χ3v) is 4.37. The summed E-state index contributed by atoms with van der Waals surface area (Å²) in [6, 6.07) is 4.42. The number of nitrogens with zero attached hydrogens (tertiary/aromatic N) is 2. The first kappa shape index (κ1) is 15.3. The topological polar surface area (TPSA) is 99.2 Å². The van der Waals surface area contributed by atoms with Crippen LogP contribution in [0.3, 0.4) is 0 Å². The summed E-state index contributed by atoms with van der Waals surface area (Å²) in [7, 11) is -2.25. The van der Waals surface area contributed by atoms with Crippen LogP contribution in [0.25, 0.3) is 0 Å². The van der Waals surface area contributed by atoms with E-state index in [2.05, 4.69) is 9.82 Å². The summed E-state index contributed by atoms with van der Waals surface area (Å²) in [4.78, 5) is 0.0656. The average Bonchev–Trinajstić information content (AvgIpc) is 2.83. The number of hydrogen-bond donors (Lipinski definition) is 2. The number of nitrogens with one attached hydrogen (secondary N) is 1. The number of nitrogen functional groups attached to an aromatic ring is 1. The molecule has 3 N–H and O–H groups in total. The standard InChI is InChI=1S/C13H18N4O3S/c1-10-8-15-17(9-10)6-5-16-21(18,19)13-4-3-11(14)7-12(13)20-2/h3-4,7-9,16H,5-6,14H2,1-2H3. The molecule has 0 spiro atoms. The quantitative estimate of drug-likeness (QED) is 0.767. The normalized spacial score (nSPS) is 11.5. The molecule has 0 saturated carbocycles. The lowest BCUT2D eigenvalue weighted by atomic mass is 10.3. The zero-order chi connectivity index (χ0) is 15.5. The van der Waals surface area contributed by atoms with E-state index < -0.39 is 10.0 Å². The van der Waals surface area contributed by atoms with Crippen molar-refractivity contribution in [3.05, 3.63) is 36.2 Å². The van der Waals surface area contributed by atoms with Gasteiger partial charge in [-0.05, 0) is 24.6 Å². The highest BCUT2D eigenvalue weighted by Crippen LogP contribution is 2.25. The number of rotatable bonds is 6. The Morgan fingerprint density at radius 3 is 2.81 bits per heavy atom. The number of ether oxygens (including phenoxy) is 1. The fourth-order valence-electron chi connectivity index (χ4n) is 1.87. The van der Waals surface area contributed by atoms with Crippen molar-refractivity contribution in [1.82, 2.24) is 14.5 Å². The fourth-order valence-corrected chi connectivity index (χ4v) is 3.04. The summed E-state index contributed by atoms with van der Waals surface area (Å²) in [5.41, 5.74) is 7.09. The molecule has 0 aliphatic rings. The second-order valence-electron chi connectivity index (χ2n) is 4.59. The Balaban J connectivity index is 2.08. The van der Waals surface area contributed by atoms with Gasteiger partial charge in [0, 0.05) is 24.5 Å². The lowest BCUT2D eigenvalue weighted by molar-refractivity contribution is 0.402. The SMILES string of the molecule is COc1cc(N)ccc1S(=O)(=O)NCCn1cc(C)cn1. The van der Waals surface area contributed by atoms with Crippen LogP contribution in [0.15, 0.2) is 35.5 Å². The summed E-state index contributed by atoms with van der Waals surface area (Å²) >= 11 is 0. The Hall–Kier alpha value is -2.06. The lowest BCUT2D eigenvalue weighted by Crippen LogP contribution is -2.28. The van der Waals surface area contributed by atoms with Crippen LogP contribution in [0.5, 0.6) is 5.75 Å². The number of aromatic nitrogens is 2. The minimum atomic E-state index is -3.65. The van der Waals surface area contributed by atoms with Crippen LogP contribution in [0.4, 0.5) is 5.69 Å². The fraction of sp³-hybridized carbons (Fsp3) is 0.308. The van der Waals surface area contributed by atoms with Crippen molar-refractivity contribution in [1.29, 1.82) is 0 Å². The highest BCUT2D eigenvalue weighted by Gasteiger charge is 2.19. The van der Waals surface area contributed by atoms with Crippen molar-refractivity contribution in [3.8, 4) is 5.75 Å². The number of aryl methyl sites for hydroxylation is 1. The summed E-state index contributed by atoms with van der Waals surface area (Å²) in [5.74, 6) is 0.220. The second-order valence-corrected chi connectivity index (χ2v) is 6.32. The molecule has 8 heteroatoms. The van der Waals surface area contributed by atoms with Gasteiger partial charge in [0.05, 0.1) is 19.9 Å². The van der Waals surface area contributed by atoms with Gasteiger partial charge in [-0.25, -0.2) is 13.1 Å². The smallest absolute Gasteiger partial charge is 0.244 e. The van der Waals surface area contributed by atoms with Gasteiger partial charge in [0.15, 0.2) is 0 Å². The molecule has 1 aromatic carbocycles. The van der Waals surface area contributed by atoms with Gasteiger partial charge in [-0.3, -0.25) is 4.68 Å². The van der Waals surface area contributed by atoms with Gasteiger partial charge in [-0.1, -0.05) is 0 Å². The van der Waals surface area contributed by atoms with E-state index in [4.69, 9.17) is 10.5 Å². The van der Waals surface area contributed by atoms with Gasteiger partial charge in [-0.2, -0.15) is 5.10 Å². The van der Waals surface area contributed by atoms with Crippen molar-refractivity contribution < 1.29 is 13.2 Å². The van der Waals surface area contributed by atoms with E-state index in [0.717, 1.165) is 5.56 Å². The van der Waals surface area contributed by atoms with E-state index in [1.165, 1.54) is 25.3 Å². The van der Waals surface area contributed by atoms with Crippen LogP contribution in [0.2, 0.25) is 0 Å². The van der Waals surface area contributed by atoms with Crippen molar-refractivity contribution >= 4 is 15.7 Å². The van der Waals surface area contributed by atoms with E-state index >= 15 is 0 Å². The molecule has 0 fully saturated rings. The number of methoxy groups -OCH3 is 1. The molecule has 0 saturated heterocycles. The number of nitrogens with two attached hydrogens (primary N) is 1. The predicted octanol–water partition coefficient (Wildman–Crippen LogP) is 0.761. The zero-order valence-electron chi connectivity index (χ0n) is 11.9. The molecule has 0 aliphatic carbocycles. The summed E-state index contributed by atoms with van der Waals surface area (Å²) in [6.45, 7) is 2.61. The molecular formula is C13H18N4O3S. The predicted molar refractivity (Wildman–Crippen MR) is 79.6 cm³/mol. The Morgan fingerprint density at radius 1 is 1.43 bits per heavy atom. The summed E-state index contributed by atoms with van der Waals surface area (Å²) < 4.78 is 33.8. The van der Waals surface area contributed by atoms with Crippen LogP contribution in [-0.4, -0.2) is 31.9 Å². The molecule has 2 aromatic rings. The van der Waals surface area contributed by atoms with E-state index in [1.807, 2.05) is 13.1 Å². The van der Waals surface area contributed by atoms with Crippen molar-refractivity contribution in [2.75, 3.05) is 19.4 Å². The molecule has 7 nitrogen and oxygen atoms in total. The first-order valence-electron chi connectivity index (χ1n) is 6.34. The molecule has 1 heterocycles. The third-order valence-electron chi connectivity index (χ3n) is 2.87. The first-order chi connectivity index (χ1) is 9.92. The van der Waals surface area contributed by atoms with E-state index in [0.29, 0.717) is 12.2 Å². The molecule has 0 amide bonds. The average molecular weight is 310 g/mol. The molecule has 0 atom stereocenters. The first-order valence-corrected chi connectivity index (χ1v) is 7.83. The highest BCUT2D eigenvalue weighted by molar-refractivity contribution is 7.89.